The Morgan fingerprint density at radius 2 is 1.75 bits per heavy atom. The lowest BCUT2D eigenvalue weighted by atomic mass is 10.2. The summed E-state index contributed by atoms with van der Waals surface area (Å²) in [7, 11) is -3.49. The molecule has 1 aromatic carbocycles. The summed E-state index contributed by atoms with van der Waals surface area (Å²) in [5.41, 5.74) is 2.93. The van der Waals surface area contributed by atoms with Crippen molar-refractivity contribution in [2.24, 2.45) is 0 Å². The van der Waals surface area contributed by atoms with Crippen molar-refractivity contribution in [1.82, 2.24) is 15.3 Å². The zero-order valence-electron chi connectivity index (χ0n) is 15.3. The normalized spacial score (nSPS) is 11.0. The maximum atomic E-state index is 12.6. The van der Waals surface area contributed by atoms with Crippen molar-refractivity contribution in [2.75, 3.05) is 5.32 Å². The van der Waals surface area contributed by atoms with Crippen LogP contribution in [0.3, 0.4) is 0 Å². The van der Waals surface area contributed by atoms with Gasteiger partial charge < -0.3 is 10.6 Å². The molecule has 7 nitrogen and oxygen atoms in total. The molecule has 0 atom stereocenters. The van der Waals surface area contributed by atoms with Gasteiger partial charge in [-0.1, -0.05) is 6.07 Å². The molecular formula is C20H20N4O3S. The summed E-state index contributed by atoms with van der Waals surface area (Å²) < 4.78 is 25.2. The summed E-state index contributed by atoms with van der Waals surface area (Å²) in [5.74, 6) is -0.0975. The molecule has 2 aromatic heterocycles. The molecule has 0 aliphatic carbocycles. The van der Waals surface area contributed by atoms with Gasteiger partial charge in [-0.15, -0.1) is 0 Å². The highest BCUT2D eigenvalue weighted by atomic mass is 32.2. The number of hydrogen-bond donors (Lipinski definition) is 2. The van der Waals surface area contributed by atoms with Crippen molar-refractivity contribution in [3.8, 4) is 0 Å². The number of carbonyl (C=O) groups excluding carboxylic acids is 1. The van der Waals surface area contributed by atoms with Crippen LogP contribution in [0.25, 0.3) is 0 Å². The van der Waals surface area contributed by atoms with Gasteiger partial charge in [-0.25, -0.2) is 13.2 Å². The minimum atomic E-state index is -3.49. The van der Waals surface area contributed by atoms with E-state index in [2.05, 4.69) is 20.6 Å². The highest BCUT2D eigenvalue weighted by Gasteiger charge is 2.16. The molecule has 2 N–H and O–H groups in total. The first-order chi connectivity index (χ1) is 13.4. The molecule has 0 radical (unpaired) electrons. The van der Waals surface area contributed by atoms with Gasteiger partial charge in [-0.05, 0) is 60.0 Å². The second kappa shape index (κ2) is 8.62. The second-order valence-electron chi connectivity index (χ2n) is 6.25. The number of aromatic nitrogens is 2. The fourth-order valence-electron chi connectivity index (χ4n) is 2.56. The molecule has 3 aromatic rings. The van der Waals surface area contributed by atoms with Gasteiger partial charge in [0.15, 0.2) is 9.84 Å². The molecule has 28 heavy (non-hydrogen) atoms. The average Bonchev–Trinajstić information content (AvgIpc) is 2.69. The van der Waals surface area contributed by atoms with E-state index in [1.54, 1.807) is 49.1 Å². The Morgan fingerprint density at radius 3 is 2.43 bits per heavy atom. The molecule has 0 saturated carbocycles. The molecule has 2 amide bonds. The van der Waals surface area contributed by atoms with E-state index in [0.29, 0.717) is 17.8 Å². The minimum Gasteiger partial charge on any atom is -0.334 e. The zero-order chi connectivity index (χ0) is 20.0. The van der Waals surface area contributed by atoms with Gasteiger partial charge >= 0.3 is 6.03 Å². The van der Waals surface area contributed by atoms with Crippen LogP contribution in [0.1, 0.15) is 16.7 Å². The lowest BCUT2D eigenvalue weighted by Gasteiger charge is -2.10. The Morgan fingerprint density at radius 1 is 1.00 bits per heavy atom. The third kappa shape index (κ3) is 5.14. The first-order valence-corrected chi connectivity index (χ1v) is 10.3. The Hall–Kier alpha value is -3.26. The van der Waals surface area contributed by atoms with E-state index in [9.17, 15) is 13.2 Å². The van der Waals surface area contributed by atoms with Crippen LogP contribution in [-0.2, 0) is 22.1 Å². The molecule has 0 spiro atoms. The highest BCUT2D eigenvalue weighted by Crippen LogP contribution is 2.20. The number of sulfone groups is 1. The first kappa shape index (κ1) is 19.5. The lowest BCUT2D eigenvalue weighted by Crippen LogP contribution is -2.28. The summed E-state index contributed by atoms with van der Waals surface area (Å²) in [6.07, 6.45) is 6.55. The summed E-state index contributed by atoms with van der Waals surface area (Å²) >= 11 is 0. The van der Waals surface area contributed by atoms with Crippen molar-refractivity contribution in [2.45, 2.75) is 24.1 Å². The van der Waals surface area contributed by atoms with Gasteiger partial charge in [0.05, 0.1) is 10.6 Å². The summed E-state index contributed by atoms with van der Waals surface area (Å²) in [6, 6.07) is 11.1. The van der Waals surface area contributed by atoms with Crippen molar-refractivity contribution < 1.29 is 13.2 Å². The SMILES string of the molecule is Cc1cnccc1CS(=O)(=O)c1ccc(NC(=O)NCc2cccnc2)cc1. The van der Waals surface area contributed by atoms with Crippen LogP contribution in [0, 0.1) is 6.92 Å². The Bertz CT molecular complexity index is 1050. The highest BCUT2D eigenvalue weighted by molar-refractivity contribution is 7.90. The van der Waals surface area contributed by atoms with Crippen LogP contribution in [-0.4, -0.2) is 24.4 Å². The van der Waals surface area contributed by atoms with Crippen LogP contribution >= 0.6 is 0 Å². The lowest BCUT2D eigenvalue weighted by molar-refractivity contribution is 0.251. The van der Waals surface area contributed by atoms with Gasteiger partial charge in [0.2, 0.25) is 0 Å². The van der Waals surface area contributed by atoms with Crippen molar-refractivity contribution in [3.63, 3.8) is 0 Å². The Balaban J connectivity index is 1.61. The summed E-state index contributed by atoms with van der Waals surface area (Å²) in [5, 5.41) is 5.39. The third-order valence-electron chi connectivity index (χ3n) is 4.13. The molecule has 0 aliphatic rings. The van der Waals surface area contributed by atoms with Crippen LogP contribution in [0.5, 0.6) is 0 Å². The molecule has 0 bridgehead atoms. The molecule has 0 unspecified atom stereocenters. The van der Waals surface area contributed by atoms with Gasteiger partial charge in [-0.2, -0.15) is 0 Å². The van der Waals surface area contributed by atoms with E-state index in [1.807, 2.05) is 13.0 Å². The number of rotatable bonds is 6. The van der Waals surface area contributed by atoms with E-state index in [4.69, 9.17) is 0 Å². The van der Waals surface area contributed by atoms with Crippen molar-refractivity contribution in [1.29, 1.82) is 0 Å². The monoisotopic (exact) mass is 396 g/mol. The standard InChI is InChI=1S/C20H20N4O3S/c1-15-11-22-10-8-17(15)14-28(26,27)19-6-4-18(5-7-19)24-20(25)23-13-16-3-2-9-21-12-16/h2-12H,13-14H2,1H3,(H2,23,24,25). The average molecular weight is 396 g/mol. The van der Waals surface area contributed by atoms with Crippen molar-refractivity contribution in [3.05, 3.63) is 83.9 Å². The molecule has 0 saturated heterocycles. The maximum absolute atomic E-state index is 12.6. The number of nitrogens with one attached hydrogen (secondary N) is 2. The van der Waals surface area contributed by atoms with E-state index in [0.717, 1.165) is 11.1 Å². The fraction of sp³-hybridized carbons (Fsp3) is 0.150. The maximum Gasteiger partial charge on any atom is 0.319 e. The number of aryl methyl sites for hydroxylation is 1. The summed E-state index contributed by atoms with van der Waals surface area (Å²) in [4.78, 5) is 20.1. The largest absolute Gasteiger partial charge is 0.334 e. The molecule has 0 aliphatic heterocycles. The molecule has 144 valence electrons. The van der Waals surface area contributed by atoms with Crippen LogP contribution in [0.15, 0.2) is 72.1 Å². The zero-order valence-corrected chi connectivity index (χ0v) is 16.1. The number of hydrogen-bond acceptors (Lipinski definition) is 5. The van der Waals surface area contributed by atoms with Gasteiger partial charge in [0, 0.05) is 37.0 Å². The van der Waals surface area contributed by atoms with Gasteiger partial charge in [0.1, 0.15) is 0 Å². The molecule has 2 heterocycles. The Labute approximate surface area is 163 Å². The van der Waals surface area contributed by atoms with E-state index in [1.165, 1.54) is 12.1 Å². The number of nitrogens with zero attached hydrogens (tertiary/aromatic N) is 2. The minimum absolute atomic E-state index is 0.0975. The second-order valence-corrected chi connectivity index (χ2v) is 8.24. The van der Waals surface area contributed by atoms with Crippen molar-refractivity contribution >= 4 is 21.6 Å². The quantitative estimate of drug-likeness (QED) is 0.667. The third-order valence-corrected chi connectivity index (χ3v) is 5.81. The number of anilines is 1. The van der Waals surface area contributed by atoms with Gasteiger partial charge in [0.25, 0.3) is 0 Å². The predicted molar refractivity (Wildman–Crippen MR) is 106 cm³/mol. The van der Waals surface area contributed by atoms with E-state index >= 15 is 0 Å². The Kier molecular flexibility index (Phi) is 6.00. The van der Waals surface area contributed by atoms with Crippen LogP contribution < -0.4 is 10.6 Å². The number of urea groups is 1. The topological polar surface area (TPSA) is 101 Å². The first-order valence-electron chi connectivity index (χ1n) is 8.60. The number of pyridine rings is 2. The van der Waals surface area contributed by atoms with E-state index in [-0.39, 0.29) is 16.7 Å². The molecule has 3 rings (SSSR count). The number of carbonyl (C=O) groups is 1. The van der Waals surface area contributed by atoms with Crippen LogP contribution in [0.2, 0.25) is 0 Å². The number of amides is 2. The smallest absolute Gasteiger partial charge is 0.319 e. The van der Waals surface area contributed by atoms with E-state index < -0.39 is 9.84 Å². The molecule has 8 heteroatoms. The fourth-order valence-corrected chi connectivity index (χ4v) is 4.01. The summed E-state index contributed by atoms with van der Waals surface area (Å²) in [6.45, 7) is 2.17. The molecular weight excluding hydrogens is 376 g/mol. The van der Waals surface area contributed by atoms with Crippen LogP contribution in [0.4, 0.5) is 10.5 Å². The predicted octanol–water partition coefficient (Wildman–Crippen LogP) is 3.08. The molecule has 0 fully saturated rings. The number of benzene rings is 1. The van der Waals surface area contributed by atoms with Gasteiger partial charge in [-0.3, -0.25) is 9.97 Å².